The van der Waals surface area contributed by atoms with E-state index in [-0.39, 0.29) is 31.2 Å². The summed E-state index contributed by atoms with van der Waals surface area (Å²) in [6.07, 6.45) is 1.30. The number of aryl methyl sites for hydroxylation is 2. The van der Waals surface area contributed by atoms with Gasteiger partial charge in [0.1, 0.15) is 0 Å². The zero-order valence-electron chi connectivity index (χ0n) is 36.6. The fourth-order valence-corrected chi connectivity index (χ4v) is 7.32. The monoisotopic (exact) mass is 901 g/mol. The molecular weight excluding hydrogens is 855 g/mol. The van der Waals surface area contributed by atoms with Crippen LogP contribution in [0.15, 0.2) is 158 Å². The van der Waals surface area contributed by atoms with Gasteiger partial charge in [-0.25, -0.2) is 0 Å². The molecule has 0 unspecified atom stereocenters. The number of aromatic nitrogens is 3. The Morgan fingerprint density at radius 1 is 0.722 bits per heavy atom. The van der Waals surface area contributed by atoms with Crippen LogP contribution in [-0.4, -0.2) is 14.5 Å². The molecule has 9 rings (SSSR count). The second-order valence-electron chi connectivity index (χ2n) is 12.9. The number of thiophene rings is 1. The third-order valence-corrected chi connectivity index (χ3v) is 10.0. The Morgan fingerprint density at radius 2 is 1.41 bits per heavy atom. The summed E-state index contributed by atoms with van der Waals surface area (Å²) in [6.45, 7) is -0.475. The van der Waals surface area contributed by atoms with Crippen LogP contribution >= 0.6 is 11.3 Å². The van der Waals surface area contributed by atoms with Crippen LogP contribution in [0.1, 0.15) is 46.0 Å². The van der Waals surface area contributed by atoms with Crippen molar-refractivity contribution in [2.24, 2.45) is 0 Å². The molecule has 0 saturated carbocycles. The Balaban J connectivity index is 0.000000226. The first-order valence-electron chi connectivity index (χ1n) is 20.8. The molecule has 0 aliphatic heterocycles. The van der Waals surface area contributed by atoms with Crippen molar-refractivity contribution in [3.8, 4) is 50.6 Å². The maximum absolute atomic E-state index is 8.66. The molecule has 0 saturated heterocycles. The summed E-state index contributed by atoms with van der Waals surface area (Å²) in [7, 11) is 0. The molecule has 0 atom stereocenters. The third-order valence-electron chi connectivity index (χ3n) is 9.16. The van der Waals surface area contributed by atoms with Gasteiger partial charge in [0.15, 0.2) is 0 Å². The molecule has 0 N–H and O–H groups in total. The predicted molar refractivity (Wildman–Crippen MR) is 224 cm³/mol. The number of pyridine rings is 1. The SMILES string of the molecule is [2H]C(C)(C)c1ccc2s[c-]c(-c3nc4ccccc4n3-c3c(-c4ccccc4)cccc3-c3ccccc3)c2c1.[2H]C([2H])([2H])c1c[c-]c(-c2ccc(C([2H])([2H])[2H])cn2)cc1.[Ir]. The number of fused-ring (bicyclic) bond motifs is 2. The summed E-state index contributed by atoms with van der Waals surface area (Å²) in [5.74, 6) is 0.154. The van der Waals surface area contributed by atoms with Crippen LogP contribution in [0.3, 0.4) is 0 Å². The molecule has 0 aliphatic rings. The summed E-state index contributed by atoms with van der Waals surface area (Å²) in [4.78, 5) is 9.31. The molecule has 3 nitrogen and oxygen atoms in total. The molecule has 0 fully saturated rings. The summed E-state index contributed by atoms with van der Waals surface area (Å²) in [5.41, 5.74) is 11.1. The van der Waals surface area contributed by atoms with Crippen LogP contribution in [0.5, 0.6) is 0 Å². The fraction of sp³-hybridized carbons (Fsp3) is 0.102. The summed E-state index contributed by atoms with van der Waals surface area (Å²) in [6, 6.07) is 52.8. The second-order valence-corrected chi connectivity index (χ2v) is 13.8. The number of para-hydroxylation sites is 3. The van der Waals surface area contributed by atoms with Crippen molar-refractivity contribution >= 4 is 32.5 Å². The van der Waals surface area contributed by atoms with Gasteiger partial charge in [0.25, 0.3) is 0 Å². The van der Waals surface area contributed by atoms with E-state index in [2.05, 4.69) is 136 Å². The molecule has 3 heterocycles. The van der Waals surface area contributed by atoms with Gasteiger partial charge in [-0.05, 0) is 47.3 Å². The van der Waals surface area contributed by atoms with Gasteiger partial charge in [-0.3, -0.25) is 16.3 Å². The van der Waals surface area contributed by atoms with E-state index < -0.39 is 19.6 Å². The number of hydrogen-bond donors (Lipinski definition) is 0. The van der Waals surface area contributed by atoms with Crippen molar-refractivity contribution in [2.75, 3.05) is 0 Å². The van der Waals surface area contributed by atoms with E-state index >= 15 is 0 Å². The molecule has 0 aliphatic carbocycles. The third kappa shape index (κ3) is 7.49. The van der Waals surface area contributed by atoms with Crippen LogP contribution in [0.4, 0.5) is 0 Å². The molecule has 0 bridgehead atoms. The predicted octanol–water partition coefficient (Wildman–Crippen LogP) is 13.3. The molecular formula is C49H39IrN3S-2. The topological polar surface area (TPSA) is 30.7 Å². The maximum atomic E-state index is 8.66. The van der Waals surface area contributed by atoms with Crippen LogP contribution in [0, 0.1) is 25.2 Å². The van der Waals surface area contributed by atoms with Crippen LogP contribution < -0.4 is 0 Å². The molecule has 267 valence electrons. The van der Waals surface area contributed by atoms with E-state index in [1.165, 1.54) is 24.4 Å². The molecule has 0 amide bonds. The molecule has 6 aromatic carbocycles. The largest absolute Gasteiger partial charge is 0.332 e. The Morgan fingerprint density at radius 3 is 2.04 bits per heavy atom. The average molecular weight is 901 g/mol. The zero-order chi connectivity index (χ0) is 42.2. The van der Waals surface area contributed by atoms with Gasteiger partial charge >= 0.3 is 0 Å². The van der Waals surface area contributed by atoms with Crippen LogP contribution in [0.25, 0.3) is 71.7 Å². The number of imidazole rings is 1. The molecule has 5 heteroatoms. The van der Waals surface area contributed by atoms with E-state index in [1.54, 1.807) is 23.5 Å². The zero-order valence-corrected chi connectivity index (χ0v) is 32.8. The summed E-state index contributed by atoms with van der Waals surface area (Å²) in [5, 5.41) is 4.68. The van der Waals surface area contributed by atoms with Gasteiger partial charge in [-0.1, -0.05) is 157 Å². The van der Waals surface area contributed by atoms with E-state index in [4.69, 9.17) is 14.6 Å². The molecule has 1 radical (unpaired) electrons. The standard InChI is InChI=1S/C36H27N2S.C13H12N.Ir/c1-24(2)27-20-21-34-30(22-27)31(23-39-34)36-37-32-18-9-10-19-33(32)38(36)35-28(25-12-5-3-6-13-25)16-11-17-29(35)26-14-7-4-8-15-26;1-10-3-6-12(7-4-10)13-8-5-11(2)9-14-13;/h3-22,24H,1-2H3;3-6,8-9H,1-2H3;/q2*-1;/i24D;1D3,2D3;. The number of hydrogen-bond acceptors (Lipinski definition) is 3. The Kier molecular flexibility index (Phi) is 8.74. The van der Waals surface area contributed by atoms with Gasteiger partial charge in [0, 0.05) is 47.0 Å². The summed E-state index contributed by atoms with van der Waals surface area (Å²) >= 11 is 1.60. The quantitative estimate of drug-likeness (QED) is 0.156. The maximum Gasteiger partial charge on any atom is 0.0774 e. The van der Waals surface area contributed by atoms with E-state index in [1.807, 2.05) is 19.9 Å². The van der Waals surface area contributed by atoms with Gasteiger partial charge in [0.2, 0.25) is 0 Å². The van der Waals surface area contributed by atoms with E-state index in [0.717, 1.165) is 66.0 Å². The first-order valence-corrected chi connectivity index (χ1v) is 18.1. The normalized spacial score (nSPS) is 13.6. The number of nitrogens with zero attached hydrogens (tertiary/aromatic N) is 3. The minimum atomic E-state index is -2.18. The minimum absolute atomic E-state index is 0. The van der Waals surface area contributed by atoms with Crippen molar-refractivity contribution < 1.29 is 29.7 Å². The molecule has 9 aromatic rings. The Labute approximate surface area is 345 Å². The van der Waals surface area contributed by atoms with Gasteiger partial charge in [0.05, 0.1) is 22.5 Å². The smallest absolute Gasteiger partial charge is 0.0774 e. The van der Waals surface area contributed by atoms with E-state index in [9.17, 15) is 0 Å². The molecule has 3 aromatic heterocycles. The van der Waals surface area contributed by atoms with Crippen molar-refractivity contribution in [1.29, 1.82) is 0 Å². The van der Waals surface area contributed by atoms with Crippen molar-refractivity contribution in [3.05, 3.63) is 186 Å². The second kappa shape index (κ2) is 16.3. The average Bonchev–Trinajstić information content (AvgIpc) is 3.85. The van der Waals surface area contributed by atoms with E-state index in [0.29, 0.717) is 11.3 Å². The molecule has 0 spiro atoms. The number of rotatable bonds is 6. The van der Waals surface area contributed by atoms with Gasteiger partial charge < -0.3 is 9.55 Å². The Hall–Kier alpha value is -5.45. The van der Waals surface area contributed by atoms with Crippen LogP contribution in [-0.2, 0) is 20.1 Å². The van der Waals surface area contributed by atoms with Crippen molar-refractivity contribution in [2.45, 2.75) is 33.4 Å². The summed E-state index contributed by atoms with van der Waals surface area (Å²) < 4.78 is 55.8. The Bertz CT molecular complexity index is 2800. The fourth-order valence-electron chi connectivity index (χ4n) is 6.50. The van der Waals surface area contributed by atoms with Crippen LogP contribution in [0.2, 0.25) is 0 Å². The van der Waals surface area contributed by atoms with Gasteiger partial charge in [-0.15, -0.1) is 46.8 Å². The van der Waals surface area contributed by atoms with Gasteiger partial charge in [-0.2, -0.15) is 0 Å². The first-order chi connectivity index (χ1) is 28.7. The molecule has 54 heavy (non-hydrogen) atoms. The van der Waals surface area contributed by atoms with Crippen molar-refractivity contribution in [3.63, 3.8) is 0 Å². The van der Waals surface area contributed by atoms with Crippen molar-refractivity contribution in [1.82, 2.24) is 14.5 Å². The first kappa shape index (κ1) is 29.0. The minimum Gasteiger partial charge on any atom is -0.332 e. The number of benzene rings is 6.